The first-order valence-corrected chi connectivity index (χ1v) is 7.05. The predicted molar refractivity (Wildman–Crippen MR) is 78.8 cm³/mol. The summed E-state index contributed by atoms with van der Waals surface area (Å²) in [6, 6.07) is 8.00. The number of hydrogen-bond acceptors (Lipinski definition) is 4. The zero-order valence-corrected chi connectivity index (χ0v) is 11.9. The van der Waals surface area contributed by atoms with Gasteiger partial charge in [-0.3, -0.25) is 5.10 Å². The van der Waals surface area contributed by atoms with Crippen LogP contribution in [0.25, 0.3) is 0 Å². The Morgan fingerprint density at radius 3 is 2.65 bits per heavy atom. The van der Waals surface area contributed by atoms with Gasteiger partial charge in [-0.15, -0.1) is 0 Å². The molecule has 0 bridgehead atoms. The SMILES string of the molecule is COc1ccc(Cc2nc(CCCCCN)n[nH]2)cc1. The van der Waals surface area contributed by atoms with Gasteiger partial charge in [0.05, 0.1) is 7.11 Å². The normalized spacial score (nSPS) is 10.7. The fraction of sp³-hybridized carbons (Fsp3) is 0.467. The molecule has 5 nitrogen and oxygen atoms in total. The zero-order chi connectivity index (χ0) is 14.2. The molecule has 2 rings (SSSR count). The van der Waals surface area contributed by atoms with Gasteiger partial charge in [-0.25, -0.2) is 4.98 Å². The Morgan fingerprint density at radius 2 is 1.95 bits per heavy atom. The van der Waals surface area contributed by atoms with E-state index >= 15 is 0 Å². The molecular formula is C15H22N4O. The Labute approximate surface area is 119 Å². The summed E-state index contributed by atoms with van der Waals surface area (Å²) in [4.78, 5) is 4.52. The number of methoxy groups -OCH3 is 1. The van der Waals surface area contributed by atoms with E-state index in [2.05, 4.69) is 15.2 Å². The van der Waals surface area contributed by atoms with Gasteiger partial charge in [0.2, 0.25) is 0 Å². The van der Waals surface area contributed by atoms with E-state index in [-0.39, 0.29) is 0 Å². The number of rotatable bonds is 8. The summed E-state index contributed by atoms with van der Waals surface area (Å²) in [7, 11) is 1.67. The van der Waals surface area contributed by atoms with Gasteiger partial charge in [0.25, 0.3) is 0 Å². The van der Waals surface area contributed by atoms with Crippen molar-refractivity contribution >= 4 is 0 Å². The van der Waals surface area contributed by atoms with E-state index in [1.807, 2.05) is 24.3 Å². The number of benzene rings is 1. The van der Waals surface area contributed by atoms with Gasteiger partial charge in [-0.05, 0) is 37.1 Å². The van der Waals surface area contributed by atoms with Crippen molar-refractivity contribution < 1.29 is 4.74 Å². The van der Waals surface area contributed by atoms with Crippen molar-refractivity contribution in [1.82, 2.24) is 15.2 Å². The number of aromatic amines is 1. The van der Waals surface area contributed by atoms with E-state index in [9.17, 15) is 0 Å². The number of nitrogens with one attached hydrogen (secondary N) is 1. The molecular weight excluding hydrogens is 252 g/mol. The summed E-state index contributed by atoms with van der Waals surface area (Å²) >= 11 is 0. The summed E-state index contributed by atoms with van der Waals surface area (Å²) in [6.07, 6.45) is 4.98. The van der Waals surface area contributed by atoms with Crippen LogP contribution < -0.4 is 10.5 Å². The molecule has 1 heterocycles. The smallest absolute Gasteiger partial charge is 0.150 e. The lowest BCUT2D eigenvalue weighted by Gasteiger charge is -2.01. The minimum absolute atomic E-state index is 0.761. The monoisotopic (exact) mass is 274 g/mol. The average Bonchev–Trinajstić information content (AvgIpc) is 2.92. The Hall–Kier alpha value is -1.88. The van der Waals surface area contributed by atoms with Gasteiger partial charge in [-0.1, -0.05) is 18.6 Å². The van der Waals surface area contributed by atoms with Gasteiger partial charge in [-0.2, -0.15) is 5.10 Å². The van der Waals surface area contributed by atoms with E-state index in [0.29, 0.717) is 0 Å². The third kappa shape index (κ3) is 4.35. The number of hydrogen-bond donors (Lipinski definition) is 2. The third-order valence-electron chi connectivity index (χ3n) is 3.21. The van der Waals surface area contributed by atoms with Gasteiger partial charge in [0.1, 0.15) is 11.6 Å². The molecule has 20 heavy (non-hydrogen) atoms. The molecule has 0 radical (unpaired) electrons. The summed E-state index contributed by atoms with van der Waals surface area (Å²) in [5.41, 5.74) is 6.66. The van der Waals surface area contributed by atoms with E-state index in [0.717, 1.165) is 56.0 Å². The van der Waals surface area contributed by atoms with Crippen molar-refractivity contribution in [2.24, 2.45) is 5.73 Å². The van der Waals surface area contributed by atoms with Gasteiger partial charge < -0.3 is 10.5 Å². The molecule has 0 saturated carbocycles. The van der Waals surface area contributed by atoms with Crippen LogP contribution in [0.4, 0.5) is 0 Å². The number of aromatic nitrogens is 3. The molecule has 0 fully saturated rings. The highest BCUT2D eigenvalue weighted by molar-refractivity contribution is 5.28. The summed E-state index contributed by atoms with van der Waals surface area (Å²) in [6.45, 7) is 0.761. The van der Waals surface area contributed by atoms with E-state index < -0.39 is 0 Å². The third-order valence-corrected chi connectivity index (χ3v) is 3.21. The van der Waals surface area contributed by atoms with Crippen LogP contribution in [-0.2, 0) is 12.8 Å². The van der Waals surface area contributed by atoms with E-state index in [1.165, 1.54) is 5.56 Å². The number of ether oxygens (including phenoxy) is 1. The Balaban J connectivity index is 1.85. The van der Waals surface area contributed by atoms with Crippen LogP contribution in [-0.4, -0.2) is 28.8 Å². The van der Waals surface area contributed by atoms with Crippen LogP contribution in [0.5, 0.6) is 5.75 Å². The lowest BCUT2D eigenvalue weighted by atomic mass is 10.1. The number of unbranched alkanes of at least 4 members (excludes halogenated alkanes) is 2. The summed E-state index contributed by atoms with van der Waals surface area (Å²) < 4.78 is 5.14. The lowest BCUT2D eigenvalue weighted by molar-refractivity contribution is 0.414. The van der Waals surface area contributed by atoms with E-state index in [1.54, 1.807) is 7.11 Å². The average molecular weight is 274 g/mol. The molecule has 108 valence electrons. The molecule has 0 aliphatic carbocycles. The highest BCUT2D eigenvalue weighted by Gasteiger charge is 2.04. The topological polar surface area (TPSA) is 76.8 Å². The van der Waals surface area contributed by atoms with Crippen LogP contribution in [0.15, 0.2) is 24.3 Å². The Kier molecular flexibility index (Phi) is 5.55. The molecule has 0 spiro atoms. The minimum Gasteiger partial charge on any atom is -0.497 e. The molecule has 1 aromatic carbocycles. The molecule has 5 heteroatoms. The van der Waals surface area contributed by atoms with Crippen LogP contribution in [0, 0.1) is 0 Å². The number of nitrogens with two attached hydrogens (primary N) is 1. The Morgan fingerprint density at radius 1 is 1.15 bits per heavy atom. The molecule has 1 aromatic heterocycles. The first-order chi connectivity index (χ1) is 9.81. The maximum atomic E-state index is 5.47. The van der Waals surface area contributed by atoms with Crippen LogP contribution in [0.2, 0.25) is 0 Å². The molecule has 2 aromatic rings. The van der Waals surface area contributed by atoms with Crippen molar-refractivity contribution in [2.45, 2.75) is 32.1 Å². The largest absolute Gasteiger partial charge is 0.497 e. The molecule has 0 aliphatic rings. The fourth-order valence-corrected chi connectivity index (χ4v) is 2.07. The van der Waals surface area contributed by atoms with Crippen molar-refractivity contribution in [1.29, 1.82) is 0 Å². The first kappa shape index (κ1) is 14.5. The lowest BCUT2D eigenvalue weighted by Crippen LogP contribution is -1.98. The summed E-state index contributed by atoms with van der Waals surface area (Å²) in [5.74, 6) is 2.67. The predicted octanol–water partition coefficient (Wildman–Crippen LogP) is 2.08. The number of nitrogens with zero attached hydrogens (tertiary/aromatic N) is 2. The molecule has 0 atom stereocenters. The highest BCUT2D eigenvalue weighted by atomic mass is 16.5. The second-order valence-electron chi connectivity index (χ2n) is 4.82. The first-order valence-electron chi connectivity index (χ1n) is 7.05. The minimum atomic E-state index is 0.761. The van der Waals surface area contributed by atoms with Gasteiger partial charge >= 0.3 is 0 Å². The second-order valence-corrected chi connectivity index (χ2v) is 4.82. The van der Waals surface area contributed by atoms with Crippen LogP contribution in [0.3, 0.4) is 0 Å². The zero-order valence-electron chi connectivity index (χ0n) is 11.9. The van der Waals surface area contributed by atoms with Crippen molar-refractivity contribution in [3.05, 3.63) is 41.5 Å². The standard InChI is InChI=1S/C15H22N4O/c1-20-13-8-6-12(7-9-13)11-15-17-14(18-19-15)5-3-2-4-10-16/h6-9H,2-5,10-11,16H2,1H3,(H,17,18,19). The maximum absolute atomic E-state index is 5.47. The second kappa shape index (κ2) is 7.65. The molecule has 0 unspecified atom stereocenters. The van der Waals surface area contributed by atoms with Gasteiger partial charge in [0.15, 0.2) is 5.82 Å². The molecule has 0 aliphatic heterocycles. The van der Waals surface area contributed by atoms with E-state index in [4.69, 9.17) is 10.5 Å². The fourth-order valence-electron chi connectivity index (χ4n) is 2.07. The molecule has 0 saturated heterocycles. The Bertz CT molecular complexity index is 507. The van der Waals surface area contributed by atoms with Crippen molar-refractivity contribution in [3.63, 3.8) is 0 Å². The van der Waals surface area contributed by atoms with Crippen LogP contribution >= 0.6 is 0 Å². The maximum Gasteiger partial charge on any atom is 0.150 e. The molecule has 3 N–H and O–H groups in total. The quantitative estimate of drug-likeness (QED) is 0.722. The molecule has 0 amide bonds. The summed E-state index contributed by atoms with van der Waals surface area (Å²) in [5, 5.41) is 7.26. The van der Waals surface area contributed by atoms with Crippen molar-refractivity contribution in [3.8, 4) is 5.75 Å². The van der Waals surface area contributed by atoms with Crippen molar-refractivity contribution in [2.75, 3.05) is 13.7 Å². The number of aryl methyl sites for hydroxylation is 1. The number of H-pyrrole nitrogens is 1. The van der Waals surface area contributed by atoms with Gasteiger partial charge in [0, 0.05) is 12.8 Å². The van der Waals surface area contributed by atoms with Crippen LogP contribution in [0.1, 0.15) is 36.5 Å². The highest BCUT2D eigenvalue weighted by Crippen LogP contribution is 2.13.